The fourth-order valence-corrected chi connectivity index (χ4v) is 4.58. The molecular weight excluding hydrogens is 488 g/mol. The zero-order valence-electron chi connectivity index (χ0n) is 19.9. The number of nitrogens with one attached hydrogen (secondary N) is 2. The van der Waals surface area contributed by atoms with Gasteiger partial charge in [-0.2, -0.15) is 0 Å². The van der Waals surface area contributed by atoms with Gasteiger partial charge < -0.3 is 20.5 Å². The molecule has 4 rings (SSSR count). The number of carboxylic acids is 1. The summed E-state index contributed by atoms with van der Waals surface area (Å²) in [7, 11) is 1.55. The average molecular weight is 513 g/mol. The van der Waals surface area contributed by atoms with Crippen LogP contribution in [0, 0.1) is 0 Å². The minimum atomic E-state index is -1.07. The van der Waals surface area contributed by atoms with Crippen molar-refractivity contribution in [2.24, 2.45) is 0 Å². The van der Waals surface area contributed by atoms with E-state index in [4.69, 9.17) is 4.74 Å². The molecule has 4 aromatic rings. The molecule has 0 aromatic heterocycles. The monoisotopic (exact) mass is 512 g/mol. The van der Waals surface area contributed by atoms with Gasteiger partial charge in [0.15, 0.2) is 0 Å². The lowest BCUT2D eigenvalue weighted by atomic mass is 10.1. The van der Waals surface area contributed by atoms with E-state index in [0.29, 0.717) is 22.7 Å². The standard InChI is InChI=1S/C29H24N2O5S/c1-36-24-12-6-9-20(18-24)27(32)30-22-13-15-25(16-14-22)37-26(19-7-3-2-4-8-19)28(33)31-23-11-5-10-21(17-23)29(34)35/h2-18,26H,1H3,(H,30,32)(H,31,33)(H,34,35). The first-order valence-electron chi connectivity index (χ1n) is 11.3. The number of aromatic carboxylic acids is 1. The molecule has 4 aromatic carbocycles. The van der Waals surface area contributed by atoms with Gasteiger partial charge >= 0.3 is 5.97 Å². The summed E-state index contributed by atoms with van der Waals surface area (Å²) < 4.78 is 5.18. The SMILES string of the molecule is COc1cccc(C(=O)Nc2ccc(SC(C(=O)Nc3cccc(C(=O)O)c3)c3ccccc3)cc2)c1. The Morgan fingerprint density at radius 2 is 1.46 bits per heavy atom. The Morgan fingerprint density at radius 1 is 0.757 bits per heavy atom. The highest BCUT2D eigenvalue weighted by molar-refractivity contribution is 8.00. The summed E-state index contributed by atoms with van der Waals surface area (Å²) in [6.45, 7) is 0. The summed E-state index contributed by atoms with van der Waals surface area (Å²) in [6.07, 6.45) is 0. The van der Waals surface area contributed by atoms with Crippen molar-refractivity contribution < 1.29 is 24.2 Å². The smallest absolute Gasteiger partial charge is 0.335 e. The van der Waals surface area contributed by atoms with Crippen LogP contribution in [0.25, 0.3) is 0 Å². The molecule has 0 heterocycles. The molecule has 8 heteroatoms. The van der Waals surface area contributed by atoms with Crippen molar-refractivity contribution in [2.45, 2.75) is 10.1 Å². The van der Waals surface area contributed by atoms with Crippen LogP contribution in [0.2, 0.25) is 0 Å². The molecule has 0 bridgehead atoms. The van der Waals surface area contributed by atoms with Gasteiger partial charge in [0.2, 0.25) is 5.91 Å². The molecule has 37 heavy (non-hydrogen) atoms. The Kier molecular flexibility index (Phi) is 8.22. The van der Waals surface area contributed by atoms with Crippen LogP contribution < -0.4 is 15.4 Å². The molecule has 0 spiro atoms. The number of thioether (sulfide) groups is 1. The Hall–Kier alpha value is -4.56. The van der Waals surface area contributed by atoms with Crippen LogP contribution in [0.3, 0.4) is 0 Å². The van der Waals surface area contributed by atoms with Gasteiger partial charge in [-0.15, -0.1) is 11.8 Å². The van der Waals surface area contributed by atoms with Crippen molar-refractivity contribution in [3.05, 3.63) is 120 Å². The number of methoxy groups -OCH3 is 1. The van der Waals surface area contributed by atoms with Gasteiger partial charge in [0.1, 0.15) is 11.0 Å². The Morgan fingerprint density at radius 3 is 2.16 bits per heavy atom. The minimum absolute atomic E-state index is 0.0910. The number of anilines is 2. The number of hydrogen-bond acceptors (Lipinski definition) is 5. The predicted octanol–water partition coefficient (Wildman–Crippen LogP) is 6.12. The van der Waals surface area contributed by atoms with Crippen molar-refractivity contribution in [3.8, 4) is 5.75 Å². The van der Waals surface area contributed by atoms with Crippen LogP contribution in [-0.4, -0.2) is 30.0 Å². The molecule has 0 aliphatic rings. The molecule has 186 valence electrons. The van der Waals surface area contributed by atoms with Crippen molar-refractivity contribution >= 4 is 40.9 Å². The maximum atomic E-state index is 13.3. The molecule has 2 amide bonds. The number of benzene rings is 4. The summed E-state index contributed by atoms with van der Waals surface area (Å²) in [5, 5.41) is 14.3. The predicted molar refractivity (Wildman–Crippen MR) is 144 cm³/mol. The number of ether oxygens (including phenoxy) is 1. The molecule has 7 nitrogen and oxygen atoms in total. The first-order valence-corrected chi connectivity index (χ1v) is 12.2. The molecule has 1 unspecified atom stereocenters. The van der Waals surface area contributed by atoms with Gasteiger partial charge in [0, 0.05) is 21.8 Å². The van der Waals surface area contributed by atoms with Crippen molar-refractivity contribution in [1.29, 1.82) is 0 Å². The van der Waals surface area contributed by atoms with Crippen LogP contribution in [0.1, 0.15) is 31.5 Å². The van der Waals surface area contributed by atoms with E-state index in [2.05, 4.69) is 10.6 Å². The summed E-state index contributed by atoms with van der Waals surface area (Å²) >= 11 is 1.35. The van der Waals surface area contributed by atoms with Gasteiger partial charge in [-0.05, 0) is 66.2 Å². The fraction of sp³-hybridized carbons (Fsp3) is 0.0690. The first-order chi connectivity index (χ1) is 17.9. The van der Waals surface area contributed by atoms with E-state index in [0.717, 1.165) is 10.5 Å². The maximum Gasteiger partial charge on any atom is 0.335 e. The Bertz CT molecular complexity index is 1410. The zero-order valence-corrected chi connectivity index (χ0v) is 20.7. The van der Waals surface area contributed by atoms with E-state index in [1.807, 2.05) is 42.5 Å². The van der Waals surface area contributed by atoms with Crippen LogP contribution in [0.15, 0.2) is 108 Å². The minimum Gasteiger partial charge on any atom is -0.497 e. The molecule has 0 fully saturated rings. The number of carbonyl (C=O) groups excluding carboxylic acids is 2. The molecule has 0 aliphatic heterocycles. The van der Waals surface area contributed by atoms with Crippen molar-refractivity contribution in [2.75, 3.05) is 17.7 Å². The van der Waals surface area contributed by atoms with Crippen LogP contribution in [-0.2, 0) is 4.79 Å². The van der Waals surface area contributed by atoms with Gasteiger partial charge in [-0.3, -0.25) is 9.59 Å². The molecule has 0 saturated heterocycles. The number of carbonyl (C=O) groups is 3. The maximum absolute atomic E-state index is 13.3. The van der Waals surface area contributed by atoms with Crippen molar-refractivity contribution in [1.82, 2.24) is 0 Å². The third-order valence-electron chi connectivity index (χ3n) is 5.42. The molecule has 0 radical (unpaired) electrons. The second-order valence-corrected chi connectivity index (χ2v) is 9.17. The van der Waals surface area contributed by atoms with Gasteiger partial charge in [0.05, 0.1) is 12.7 Å². The first kappa shape index (κ1) is 25.5. The third kappa shape index (κ3) is 6.77. The summed E-state index contributed by atoms with van der Waals surface area (Å²) in [5.41, 5.74) is 2.39. The number of hydrogen-bond donors (Lipinski definition) is 3. The third-order valence-corrected chi connectivity index (χ3v) is 6.68. The fourth-order valence-electron chi connectivity index (χ4n) is 3.56. The summed E-state index contributed by atoms with van der Waals surface area (Å²) in [4.78, 5) is 38.0. The van der Waals surface area contributed by atoms with E-state index in [9.17, 15) is 19.5 Å². The Balaban J connectivity index is 1.49. The summed E-state index contributed by atoms with van der Waals surface area (Å²) in [6, 6.07) is 29.6. The van der Waals surface area contributed by atoms with E-state index in [1.165, 1.54) is 23.9 Å². The van der Waals surface area contributed by atoms with Gasteiger partial charge in [-0.1, -0.05) is 42.5 Å². The molecule has 0 saturated carbocycles. The normalized spacial score (nSPS) is 11.3. The van der Waals surface area contributed by atoms with Crippen LogP contribution >= 0.6 is 11.8 Å². The van der Waals surface area contributed by atoms with Crippen LogP contribution in [0.4, 0.5) is 11.4 Å². The lowest BCUT2D eigenvalue weighted by Gasteiger charge is -2.17. The lowest BCUT2D eigenvalue weighted by molar-refractivity contribution is -0.115. The van der Waals surface area contributed by atoms with Gasteiger partial charge in [-0.25, -0.2) is 4.79 Å². The van der Waals surface area contributed by atoms with E-state index < -0.39 is 11.2 Å². The van der Waals surface area contributed by atoms with Crippen molar-refractivity contribution in [3.63, 3.8) is 0 Å². The Labute approximate surface area is 218 Å². The molecule has 3 N–H and O–H groups in total. The second kappa shape index (κ2) is 11.9. The van der Waals surface area contributed by atoms with E-state index >= 15 is 0 Å². The quantitative estimate of drug-likeness (QED) is 0.234. The topological polar surface area (TPSA) is 105 Å². The molecule has 1 atom stereocenters. The van der Waals surface area contributed by atoms with E-state index in [1.54, 1.807) is 55.6 Å². The highest BCUT2D eigenvalue weighted by atomic mass is 32.2. The summed E-state index contributed by atoms with van der Waals surface area (Å²) in [5.74, 6) is -1.01. The highest BCUT2D eigenvalue weighted by Gasteiger charge is 2.22. The second-order valence-electron chi connectivity index (χ2n) is 7.99. The highest BCUT2D eigenvalue weighted by Crippen LogP contribution is 2.37. The number of rotatable bonds is 9. The zero-order chi connectivity index (χ0) is 26.2. The van der Waals surface area contributed by atoms with Crippen LogP contribution in [0.5, 0.6) is 5.75 Å². The van der Waals surface area contributed by atoms with Gasteiger partial charge in [0.25, 0.3) is 5.91 Å². The van der Waals surface area contributed by atoms with E-state index in [-0.39, 0.29) is 17.4 Å². The number of carboxylic acid groups (broad SMARTS) is 1. The lowest BCUT2D eigenvalue weighted by Crippen LogP contribution is -2.19. The largest absolute Gasteiger partial charge is 0.497 e. The average Bonchev–Trinajstić information content (AvgIpc) is 2.93. The molecule has 0 aliphatic carbocycles. The number of amides is 2. The molecular formula is C29H24N2O5S.